The van der Waals surface area contributed by atoms with E-state index >= 15 is 0 Å². The molecule has 0 aliphatic carbocycles. The molecule has 0 amide bonds. The molecule has 0 heterocycles. The lowest BCUT2D eigenvalue weighted by Gasteiger charge is -2.08. The number of rotatable bonds is 4. The Bertz CT molecular complexity index is 323. The number of hydrogen-bond acceptors (Lipinski definition) is 2. The molecule has 2 nitrogen and oxygen atoms in total. The maximum Gasteiger partial charge on any atom is 0.124 e. The van der Waals surface area contributed by atoms with Crippen molar-refractivity contribution < 1.29 is 4.74 Å². The smallest absolute Gasteiger partial charge is 0.124 e. The molecule has 1 aromatic rings. The highest BCUT2D eigenvalue weighted by Crippen LogP contribution is 2.22. The van der Waals surface area contributed by atoms with Crippen molar-refractivity contribution in [1.29, 1.82) is 0 Å². The van der Waals surface area contributed by atoms with Crippen LogP contribution in [0, 0.1) is 0 Å². The second-order valence-electron chi connectivity index (χ2n) is 2.84. The molecule has 0 bridgehead atoms. The summed E-state index contributed by atoms with van der Waals surface area (Å²) in [6, 6.07) is 5.85. The van der Waals surface area contributed by atoms with Crippen molar-refractivity contribution in [3.05, 3.63) is 40.4 Å². The predicted octanol–water partition coefficient (Wildman–Crippen LogP) is 2.86. The van der Waals surface area contributed by atoms with E-state index in [2.05, 4.69) is 15.9 Å². The standard InChI is InChI=1S/C11H14BrNO/c1-2-3-6-14-11-5-4-10(12)7-9(11)8-13/h2-5,7H,6,8,13H2,1H3/b3-2+. The monoisotopic (exact) mass is 255 g/mol. The third kappa shape index (κ3) is 3.16. The Kier molecular flexibility index (Phi) is 4.70. The molecule has 3 heteroatoms. The Balaban J connectivity index is 2.74. The maximum atomic E-state index is 5.60. The average Bonchev–Trinajstić information content (AvgIpc) is 2.20. The quantitative estimate of drug-likeness (QED) is 0.840. The van der Waals surface area contributed by atoms with E-state index in [0.717, 1.165) is 15.8 Å². The highest BCUT2D eigenvalue weighted by molar-refractivity contribution is 9.10. The minimum Gasteiger partial charge on any atom is -0.489 e. The summed E-state index contributed by atoms with van der Waals surface area (Å²) in [5, 5.41) is 0. The Morgan fingerprint density at radius 3 is 2.93 bits per heavy atom. The minimum atomic E-state index is 0.491. The van der Waals surface area contributed by atoms with E-state index in [1.165, 1.54) is 0 Å². The zero-order valence-electron chi connectivity index (χ0n) is 8.16. The van der Waals surface area contributed by atoms with Crippen molar-refractivity contribution in [3.63, 3.8) is 0 Å². The van der Waals surface area contributed by atoms with Gasteiger partial charge in [-0.1, -0.05) is 28.1 Å². The third-order valence-corrected chi connectivity index (χ3v) is 2.31. The molecule has 0 atom stereocenters. The normalized spacial score (nSPS) is 10.8. The van der Waals surface area contributed by atoms with Crippen molar-refractivity contribution in [2.24, 2.45) is 5.73 Å². The lowest BCUT2D eigenvalue weighted by Crippen LogP contribution is -2.02. The summed E-state index contributed by atoms with van der Waals surface area (Å²) in [5.41, 5.74) is 6.62. The first-order valence-electron chi connectivity index (χ1n) is 4.50. The first kappa shape index (κ1) is 11.3. The maximum absolute atomic E-state index is 5.60. The van der Waals surface area contributed by atoms with E-state index in [4.69, 9.17) is 10.5 Å². The lowest BCUT2D eigenvalue weighted by atomic mass is 10.2. The van der Waals surface area contributed by atoms with Crippen LogP contribution in [0.3, 0.4) is 0 Å². The third-order valence-electron chi connectivity index (χ3n) is 1.81. The van der Waals surface area contributed by atoms with Crippen LogP contribution < -0.4 is 10.5 Å². The van der Waals surface area contributed by atoms with Crippen molar-refractivity contribution in [2.75, 3.05) is 6.61 Å². The summed E-state index contributed by atoms with van der Waals surface area (Å²) < 4.78 is 6.56. The molecule has 0 aromatic heterocycles. The molecule has 0 fully saturated rings. The van der Waals surface area contributed by atoms with Crippen molar-refractivity contribution >= 4 is 15.9 Å². The zero-order chi connectivity index (χ0) is 10.4. The Morgan fingerprint density at radius 2 is 2.29 bits per heavy atom. The van der Waals surface area contributed by atoms with Gasteiger partial charge in [0.05, 0.1) is 0 Å². The summed E-state index contributed by atoms with van der Waals surface area (Å²) in [6.07, 6.45) is 3.92. The van der Waals surface area contributed by atoms with E-state index in [1.807, 2.05) is 37.3 Å². The number of benzene rings is 1. The highest BCUT2D eigenvalue weighted by atomic mass is 79.9. The predicted molar refractivity (Wildman–Crippen MR) is 62.3 cm³/mol. The van der Waals surface area contributed by atoms with Gasteiger partial charge in [-0.25, -0.2) is 0 Å². The van der Waals surface area contributed by atoms with E-state index in [1.54, 1.807) is 0 Å². The van der Waals surface area contributed by atoms with Gasteiger partial charge in [0.2, 0.25) is 0 Å². The summed E-state index contributed by atoms with van der Waals surface area (Å²) in [6.45, 7) is 3.05. The van der Waals surface area contributed by atoms with Gasteiger partial charge in [0.1, 0.15) is 12.4 Å². The van der Waals surface area contributed by atoms with Gasteiger partial charge < -0.3 is 10.5 Å². The molecule has 0 saturated carbocycles. The van der Waals surface area contributed by atoms with Crippen molar-refractivity contribution in [3.8, 4) is 5.75 Å². The molecule has 1 rings (SSSR count). The van der Waals surface area contributed by atoms with Crippen LogP contribution in [0.25, 0.3) is 0 Å². The summed E-state index contributed by atoms with van der Waals surface area (Å²) in [4.78, 5) is 0. The summed E-state index contributed by atoms with van der Waals surface area (Å²) in [7, 11) is 0. The zero-order valence-corrected chi connectivity index (χ0v) is 9.75. The molecular formula is C11H14BrNO. The van der Waals surface area contributed by atoms with Crippen LogP contribution in [-0.2, 0) is 6.54 Å². The molecular weight excluding hydrogens is 242 g/mol. The summed E-state index contributed by atoms with van der Waals surface area (Å²) >= 11 is 3.39. The van der Waals surface area contributed by atoms with Crippen LogP contribution in [0.1, 0.15) is 12.5 Å². The summed E-state index contributed by atoms with van der Waals surface area (Å²) in [5.74, 6) is 0.855. The lowest BCUT2D eigenvalue weighted by molar-refractivity contribution is 0.358. The Morgan fingerprint density at radius 1 is 1.50 bits per heavy atom. The molecule has 2 N–H and O–H groups in total. The Labute approximate surface area is 92.9 Å². The minimum absolute atomic E-state index is 0.491. The number of nitrogens with two attached hydrogens (primary N) is 1. The van der Waals surface area contributed by atoms with E-state index < -0.39 is 0 Å². The second kappa shape index (κ2) is 5.83. The molecule has 0 aliphatic heterocycles. The van der Waals surface area contributed by atoms with Crippen LogP contribution in [0.15, 0.2) is 34.8 Å². The molecule has 0 unspecified atom stereocenters. The van der Waals surface area contributed by atoms with Gasteiger partial charge >= 0.3 is 0 Å². The Hall–Kier alpha value is -0.800. The van der Waals surface area contributed by atoms with Crippen molar-refractivity contribution in [1.82, 2.24) is 0 Å². The average molecular weight is 256 g/mol. The van der Waals surface area contributed by atoms with Crippen molar-refractivity contribution in [2.45, 2.75) is 13.5 Å². The molecule has 0 aliphatic rings. The van der Waals surface area contributed by atoms with Gasteiger partial charge in [0.15, 0.2) is 0 Å². The number of allylic oxidation sites excluding steroid dienone is 1. The van der Waals surface area contributed by atoms with Gasteiger partial charge in [-0.15, -0.1) is 0 Å². The molecule has 76 valence electrons. The largest absolute Gasteiger partial charge is 0.489 e. The topological polar surface area (TPSA) is 35.2 Å². The van der Waals surface area contributed by atoms with Gasteiger partial charge in [-0.05, 0) is 25.1 Å². The number of hydrogen-bond donors (Lipinski definition) is 1. The van der Waals surface area contributed by atoms with Crippen LogP contribution in [0.4, 0.5) is 0 Å². The fraction of sp³-hybridized carbons (Fsp3) is 0.273. The first-order chi connectivity index (χ1) is 6.77. The molecule has 1 aromatic carbocycles. The van der Waals surface area contributed by atoms with Crippen LogP contribution in [0.5, 0.6) is 5.75 Å². The number of ether oxygens (including phenoxy) is 1. The van der Waals surface area contributed by atoms with Gasteiger partial charge in [-0.3, -0.25) is 0 Å². The van der Waals surface area contributed by atoms with Gasteiger partial charge in [0.25, 0.3) is 0 Å². The van der Waals surface area contributed by atoms with Crippen LogP contribution in [-0.4, -0.2) is 6.61 Å². The van der Waals surface area contributed by atoms with Gasteiger partial charge in [0, 0.05) is 16.6 Å². The number of halogens is 1. The van der Waals surface area contributed by atoms with E-state index in [9.17, 15) is 0 Å². The fourth-order valence-electron chi connectivity index (χ4n) is 1.08. The first-order valence-corrected chi connectivity index (χ1v) is 5.29. The SMILES string of the molecule is C/C=C/COc1ccc(Br)cc1CN. The van der Waals surface area contributed by atoms with E-state index in [0.29, 0.717) is 13.2 Å². The molecule has 0 saturated heterocycles. The fourth-order valence-corrected chi connectivity index (χ4v) is 1.49. The second-order valence-corrected chi connectivity index (χ2v) is 3.75. The van der Waals surface area contributed by atoms with Gasteiger partial charge in [-0.2, -0.15) is 0 Å². The van der Waals surface area contributed by atoms with Crippen LogP contribution >= 0.6 is 15.9 Å². The molecule has 14 heavy (non-hydrogen) atoms. The molecule has 0 radical (unpaired) electrons. The molecule has 0 spiro atoms. The van der Waals surface area contributed by atoms with Crippen LogP contribution in [0.2, 0.25) is 0 Å². The highest BCUT2D eigenvalue weighted by Gasteiger charge is 2.01. The van der Waals surface area contributed by atoms with E-state index in [-0.39, 0.29) is 0 Å².